The van der Waals surface area contributed by atoms with Crippen LogP contribution in [0.4, 0.5) is 11.4 Å². The Labute approximate surface area is 129 Å². The molecule has 4 nitrogen and oxygen atoms in total. The first-order valence-electron chi connectivity index (χ1n) is 6.58. The van der Waals surface area contributed by atoms with Gasteiger partial charge < -0.3 is 4.90 Å². The quantitative estimate of drug-likeness (QED) is 0.944. The summed E-state index contributed by atoms with van der Waals surface area (Å²) in [5.41, 5.74) is 2.90. The van der Waals surface area contributed by atoms with Crippen molar-refractivity contribution in [3.63, 3.8) is 0 Å². The molecule has 0 spiro atoms. The highest BCUT2D eigenvalue weighted by molar-refractivity contribution is 7.92. The maximum atomic E-state index is 12.3. The Morgan fingerprint density at radius 3 is 2.57 bits per heavy atom. The molecule has 1 aliphatic rings. The zero-order chi connectivity index (χ0) is 15.0. The second-order valence-electron chi connectivity index (χ2n) is 5.07. The van der Waals surface area contributed by atoms with Gasteiger partial charge in [0.25, 0.3) is 10.0 Å². The third-order valence-electron chi connectivity index (χ3n) is 3.58. The zero-order valence-electron chi connectivity index (χ0n) is 11.5. The number of rotatable bonds is 3. The van der Waals surface area contributed by atoms with Gasteiger partial charge >= 0.3 is 0 Å². The van der Waals surface area contributed by atoms with Crippen LogP contribution >= 0.6 is 11.6 Å². The molecule has 2 aromatic rings. The summed E-state index contributed by atoms with van der Waals surface area (Å²) < 4.78 is 27.2. The van der Waals surface area contributed by atoms with Crippen molar-refractivity contribution in [1.29, 1.82) is 0 Å². The summed E-state index contributed by atoms with van der Waals surface area (Å²) in [6.45, 7) is 0.961. The second-order valence-corrected chi connectivity index (χ2v) is 7.19. The summed E-state index contributed by atoms with van der Waals surface area (Å²) in [5, 5.41) is 0.509. The Kier molecular flexibility index (Phi) is 3.55. The number of fused-ring (bicyclic) bond motifs is 1. The number of sulfonamides is 1. The average Bonchev–Trinajstić information content (AvgIpc) is 2.80. The summed E-state index contributed by atoms with van der Waals surface area (Å²) in [6, 6.07) is 11.7. The van der Waals surface area contributed by atoms with Crippen LogP contribution in [0.3, 0.4) is 0 Å². The van der Waals surface area contributed by atoms with Crippen LogP contribution in [-0.4, -0.2) is 22.0 Å². The summed E-state index contributed by atoms with van der Waals surface area (Å²) >= 11 is 5.78. The van der Waals surface area contributed by atoms with Crippen molar-refractivity contribution in [1.82, 2.24) is 0 Å². The molecule has 0 saturated heterocycles. The van der Waals surface area contributed by atoms with E-state index in [9.17, 15) is 8.42 Å². The molecule has 21 heavy (non-hydrogen) atoms. The van der Waals surface area contributed by atoms with E-state index in [2.05, 4.69) is 9.62 Å². The number of nitrogens with zero attached hydrogens (tertiary/aromatic N) is 1. The molecule has 0 amide bonds. The molecule has 6 heteroatoms. The van der Waals surface area contributed by atoms with Gasteiger partial charge in [-0.2, -0.15) is 0 Å². The zero-order valence-corrected chi connectivity index (χ0v) is 13.1. The van der Waals surface area contributed by atoms with Gasteiger partial charge in [0.15, 0.2) is 0 Å². The minimum absolute atomic E-state index is 0.199. The topological polar surface area (TPSA) is 49.4 Å². The van der Waals surface area contributed by atoms with Crippen molar-refractivity contribution in [3.05, 3.63) is 53.1 Å². The SMILES string of the molecule is CN1CCc2cc(NS(=O)(=O)c3ccc(Cl)cc3)ccc21. The Balaban J connectivity index is 1.88. The Morgan fingerprint density at radius 1 is 1.14 bits per heavy atom. The number of hydrogen-bond acceptors (Lipinski definition) is 3. The largest absolute Gasteiger partial charge is 0.374 e. The molecule has 2 aromatic carbocycles. The molecule has 0 aliphatic carbocycles. The fourth-order valence-corrected chi connectivity index (χ4v) is 3.63. The van der Waals surface area contributed by atoms with E-state index in [0.717, 1.165) is 24.2 Å². The molecule has 0 radical (unpaired) electrons. The molecule has 3 rings (SSSR count). The van der Waals surface area contributed by atoms with Crippen molar-refractivity contribution in [2.75, 3.05) is 23.2 Å². The van der Waals surface area contributed by atoms with Crippen LogP contribution < -0.4 is 9.62 Å². The molecule has 0 unspecified atom stereocenters. The molecule has 0 fully saturated rings. The molecule has 110 valence electrons. The normalized spacial score (nSPS) is 14.1. The minimum Gasteiger partial charge on any atom is -0.374 e. The number of benzene rings is 2. The second kappa shape index (κ2) is 5.24. The average molecular weight is 323 g/mol. The molecule has 1 N–H and O–H groups in total. The van der Waals surface area contributed by atoms with Crippen molar-refractivity contribution >= 4 is 33.0 Å². The number of anilines is 2. The smallest absolute Gasteiger partial charge is 0.261 e. The molecular weight excluding hydrogens is 308 g/mol. The van der Waals surface area contributed by atoms with Gasteiger partial charge in [-0.05, 0) is 54.4 Å². The van der Waals surface area contributed by atoms with Crippen LogP contribution in [-0.2, 0) is 16.4 Å². The minimum atomic E-state index is -3.58. The van der Waals surface area contributed by atoms with E-state index in [-0.39, 0.29) is 4.90 Å². The van der Waals surface area contributed by atoms with Crippen molar-refractivity contribution in [2.45, 2.75) is 11.3 Å². The molecular formula is C15H15ClN2O2S. The lowest BCUT2D eigenvalue weighted by atomic mass is 10.1. The fourth-order valence-electron chi connectivity index (χ4n) is 2.46. The van der Waals surface area contributed by atoms with E-state index in [1.807, 2.05) is 19.2 Å². The van der Waals surface area contributed by atoms with E-state index >= 15 is 0 Å². The lowest BCUT2D eigenvalue weighted by Gasteiger charge is -2.13. The molecule has 0 atom stereocenters. The van der Waals surface area contributed by atoms with Gasteiger partial charge in [0.2, 0.25) is 0 Å². The van der Waals surface area contributed by atoms with Crippen LogP contribution in [0, 0.1) is 0 Å². The van der Waals surface area contributed by atoms with Crippen LogP contribution in [0.2, 0.25) is 5.02 Å². The van der Waals surface area contributed by atoms with E-state index < -0.39 is 10.0 Å². The number of hydrogen-bond donors (Lipinski definition) is 1. The van der Waals surface area contributed by atoms with Crippen LogP contribution in [0.15, 0.2) is 47.4 Å². The van der Waals surface area contributed by atoms with Gasteiger partial charge in [-0.25, -0.2) is 8.42 Å². The van der Waals surface area contributed by atoms with Crippen molar-refractivity contribution in [2.24, 2.45) is 0 Å². The molecule has 0 bridgehead atoms. The summed E-state index contributed by atoms with van der Waals surface area (Å²) in [7, 11) is -1.55. The highest BCUT2D eigenvalue weighted by atomic mass is 35.5. The van der Waals surface area contributed by atoms with E-state index in [1.54, 1.807) is 18.2 Å². The first-order chi connectivity index (χ1) is 9.95. The maximum absolute atomic E-state index is 12.3. The Morgan fingerprint density at radius 2 is 1.86 bits per heavy atom. The van der Waals surface area contributed by atoms with Gasteiger partial charge in [-0.1, -0.05) is 11.6 Å². The lowest BCUT2D eigenvalue weighted by Crippen LogP contribution is -2.13. The molecule has 0 aromatic heterocycles. The highest BCUT2D eigenvalue weighted by Gasteiger charge is 2.18. The number of halogens is 1. The lowest BCUT2D eigenvalue weighted by molar-refractivity contribution is 0.601. The van der Waals surface area contributed by atoms with Gasteiger partial charge in [-0.15, -0.1) is 0 Å². The van der Waals surface area contributed by atoms with E-state index in [4.69, 9.17) is 11.6 Å². The van der Waals surface area contributed by atoms with E-state index in [1.165, 1.54) is 12.1 Å². The molecule has 0 saturated carbocycles. The maximum Gasteiger partial charge on any atom is 0.261 e. The molecule has 1 aliphatic heterocycles. The van der Waals surface area contributed by atoms with Crippen LogP contribution in [0.25, 0.3) is 0 Å². The molecule has 1 heterocycles. The van der Waals surface area contributed by atoms with Gasteiger partial charge in [0, 0.05) is 30.0 Å². The monoisotopic (exact) mass is 322 g/mol. The van der Waals surface area contributed by atoms with Gasteiger partial charge in [0.1, 0.15) is 0 Å². The summed E-state index contributed by atoms with van der Waals surface area (Å²) in [4.78, 5) is 2.36. The highest BCUT2D eigenvalue weighted by Crippen LogP contribution is 2.30. The third-order valence-corrected chi connectivity index (χ3v) is 5.23. The van der Waals surface area contributed by atoms with Crippen molar-refractivity contribution < 1.29 is 8.42 Å². The van der Waals surface area contributed by atoms with Crippen LogP contribution in [0.5, 0.6) is 0 Å². The van der Waals surface area contributed by atoms with Gasteiger partial charge in [-0.3, -0.25) is 4.72 Å². The predicted molar refractivity (Wildman–Crippen MR) is 85.7 cm³/mol. The van der Waals surface area contributed by atoms with Crippen LogP contribution in [0.1, 0.15) is 5.56 Å². The van der Waals surface area contributed by atoms with Gasteiger partial charge in [0.05, 0.1) is 4.90 Å². The number of nitrogens with one attached hydrogen (secondary N) is 1. The van der Waals surface area contributed by atoms with Crippen molar-refractivity contribution in [3.8, 4) is 0 Å². The first-order valence-corrected chi connectivity index (χ1v) is 8.44. The van der Waals surface area contributed by atoms with E-state index in [0.29, 0.717) is 10.7 Å². The number of likely N-dealkylation sites (N-methyl/N-ethyl adjacent to an activating group) is 1. The predicted octanol–water partition coefficient (Wildman–Crippen LogP) is 3.13. The first kappa shape index (κ1) is 14.2. The Hall–Kier alpha value is -1.72. The summed E-state index contributed by atoms with van der Waals surface area (Å²) in [6.07, 6.45) is 0.933. The Bertz CT molecular complexity index is 773. The fraction of sp³-hybridized carbons (Fsp3) is 0.200. The third kappa shape index (κ3) is 2.84. The standard InChI is InChI=1S/C15H15ClN2O2S/c1-18-9-8-11-10-13(4-7-15(11)18)17-21(19,20)14-5-2-12(16)3-6-14/h2-7,10,17H,8-9H2,1H3. The summed E-state index contributed by atoms with van der Waals surface area (Å²) in [5.74, 6) is 0.